The van der Waals surface area contributed by atoms with E-state index in [4.69, 9.17) is 9.47 Å². The van der Waals surface area contributed by atoms with Gasteiger partial charge in [-0.2, -0.15) is 0 Å². The molecular formula is C20H35NO7S2. The molecule has 0 aromatic heterocycles. The van der Waals surface area contributed by atoms with Crippen LogP contribution in [-0.2, 0) is 19.1 Å². The zero-order chi connectivity index (χ0) is 22.1. The Balaban J connectivity index is 1.81. The Morgan fingerprint density at radius 2 is 2.13 bits per heavy atom. The zero-order valence-electron chi connectivity index (χ0n) is 17.7. The third-order valence-corrected chi connectivity index (χ3v) is 8.38. The third-order valence-electron chi connectivity index (χ3n) is 5.37. The summed E-state index contributed by atoms with van der Waals surface area (Å²) >= 11 is 0. The van der Waals surface area contributed by atoms with Gasteiger partial charge in [-0.05, 0) is 31.6 Å². The highest BCUT2D eigenvalue weighted by molar-refractivity contribution is 8.77. The standard InChI is InChI=1S/C20H35NO7S2/c1-13(11-22)9-17-19(21-14(2)23)16(24)10-20(26,28-17)12-27-18(25)6-4-3-5-15-7-8-29-30-15/h13,15-17,19,22,24,26H,3-12H2,1-2H3,(H,21,23)/t13-,15?,16-,17-,19+,20-/m0/s1. The van der Waals surface area contributed by atoms with Crippen molar-refractivity contribution in [3.05, 3.63) is 0 Å². The second-order valence-corrected chi connectivity index (χ2v) is 11.1. The smallest absolute Gasteiger partial charge is 0.305 e. The van der Waals surface area contributed by atoms with Gasteiger partial charge >= 0.3 is 5.97 Å². The highest BCUT2D eigenvalue weighted by Gasteiger charge is 2.47. The molecule has 2 heterocycles. The maximum atomic E-state index is 12.1. The van der Waals surface area contributed by atoms with E-state index >= 15 is 0 Å². The fraction of sp³-hybridized carbons (Fsp3) is 0.900. The van der Waals surface area contributed by atoms with Crippen LogP contribution in [0.4, 0.5) is 0 Å². The van der Waals surface area contributed by atoms with Gasteiger partial charge in [0.2, 0.25) is 11.7 Å². The van der Waals surface area contributed by atoms with Crippen molar-refractivity contribution in [3.8, 4) is 0 Å². The molecule has 8 nitrogen and oxygen atoms in total. The summed E-state index contributed by atoms with van der Waals surface area (Å²) in [6.45, 7) is 2.67. The molecule has 0 aromatic rings. The maximum Gasteiger partial charge on any atom is 0.305 e. The number of amides is 1. The molecule has 2 aliphatic rings. The molecule has 2 rings (SSSR count). The largest absolute Gasteiger partial charge is 0.460 e. The number of carbonyl (C=O) groups excluding carboxylic acids is 2. The van der Waals surface area contributed by atoms with Crippen LogP contribution in [0.15, 0.2) is 0 Å². The van der Waals surface area contributed by atoms with Crippen molar-refractivity contribution in [2.75, 3.05) is 19.0 Å². The second-order valence-electron chi connectivity index (χ2n) is 8.36. The number of unbranched alkanes of at least 4 members (excludes halogenated alkanes) is 1. The predicted molar refractivity (Wildman–Crippen MR) is 117 cm³/mol. The highest BCUT2D eigenvalue weighted by Crippen LogP contribution is 2.40. The Bertz CT molecular complexity index is 561. The summed E-state index contributed by atoms with van der Waals surface area (Å²) < 4.78 is 11.0. The van der Waals surface area contributed by atoms with Crippen LogP contribution in [0.1, 0.15) is 58.8 Å². The minimum atomic E-state index is -1.83. The van der Waals surface area contributed by atoms with E-state index in [9.17, 15) is 24.9 Å². The van der Waals surface area contributed by atoms with Crippen LogP contribution in [0.5, 0.6) is 0 Å². The molecule has 30 heavy (non-hydrogen) atoms. The first-order valence-electron chi connectivity index (χ1n) is 10.6. The first-order valence-corrected chi connectivity index (χ1v) is 13.0. The maximum absolute atomic E-state index is 12.1. The van der Waals surface area contributed by atoms with Crippen molar-refractivity contribution in [2.45, 2.75) is 88.1 Å². The Morgan fingerprint density at radius 3 is 2.77 bits per heavy atom. The topological polar surface area (TPSA) is 125 Å². The molecule has 1 amide bonds. The van der Waals surface area contributed by atoms with Crippen LogP contribution in [0.25, 0.3) is 0 Å². The third kappa shape index (κ3) is 8.55. The van der Waals surface area contributed by atoms with Gasteiger partial charge in [-0.1, -0.05) is 34.9 Å². The molecule has 0 aliphatic carbocycles. The van der Waals surface area contributed by atoms with E-state index in [1.165, 1.54) is 19.1 Å². The summed E-state index contributed by atoms with van der Waals surface area (Å²) in [5, 5.41) is 33.9. The van der Waals surface area contributed by atoms with Gasteiger partial charge in [0.15, 0.2) is 0 Å². The number of carbonyl (C=O) groups is 2. The summed E-state index contributed by atoms with van der Waals surface area (Å²) in [7, 11) is 3.83. The molecule has 2 aliphatic heterocycles. The van der Waals surface area contributed by atoms with Crippen LogP contribution >= 0.6 is 21.6 Å². The number of nitrogens with one attached hydrogen (secondary N) is 1. The lowest BCUT2D eigenvalue weighted by atomic mass is 9.88. The van der Waals surface area contributed by atoms with E-state index in [-0.39, 0.29) is 37.9 Å². The first-order chi connectivity index (χ1) is 14.2. The van der Waals surface area contributed by atoms with E-state index in [1.807, 2.05) is 21.6 Å². The van der Waals surface area contributed by atoms with E-state index in [0.717, 1.165) is 19.3 Å². The molecular weight excluding hydrogens is 430 g/mol. The minimum Gasteiger partial charge on any atom is -0.460 e. The van der Waals surface area contributed by atoms with E-state index in [0.29, 0.717) is 11.7 Å². The number of aliphatic hydroxyl groups excluding tert-OH is 2. The monoisotopic (exact) mass is 465 g/mol. The van der Waals surface area contributed by atoms with Crippen molar-refractivity contribution in [1.82, 2.24) is 5.32 Å². The Kier molecular flexibility index (Phi) is 10.7. The van der Waals surface area contributed by atoms with Crippen LogP contribution in [0.3, 0.4) is 0 Å². The molecule has 4 N–H and O–H groups in total. The van der Waals surface area contributed by atoms with E-state index < -0.39 is 30.0 Å². The molecule has 0 aromatic carbocycles. The number of esters is 1. The summed E-state index contributed by atoms with van der Waals surface area (Å²) in [5.74, 6) is -1.51. The average molecular weight is 466 g/mol. The van der Waals surface area contributed by atoms with Crippen molar-refractivity contribution in [3.63, 3.8) is 0 Å². The first kappa shape index (κ1) is 25.7. The van der Waals surface area contributed by atoms with Gasteiger partial charge in [-0.15, -0.1) is 0 Å². The second kappa shape index (κ2) is 12.5. The van der Waals surface area contributed by atoms with Gasteiger partial charge in [-0.3, -0.25) is 9.59 Å². The van der Waals surface area contributed by atoms with Gasteiger partial charge in [0, 0.05) is 37.4 Å². The number of ether oxygens (including phenoxy) is 2. The number of hydrogen-bond donors (Lipinski definition) is 4. The normalized spacial score (nSPS) is 32.6. The molecule has 0 radical (unpaired) electrons. The van der Waals surface area contributed by atoms with Crippen molar-refractivity contribution in [1.29, 1.82) is 0 Å². The molecule has 1 unspecified atom stereocenters. The van der Waals surface area contributed by atoms with E-state index in [1.54, 1.807) is 6.92 Å². The highest BCUT2D eigenvalue weighted by atomic mass is 33.1. The van der Waals surface area contributed by atoms with Gasteiger partial charge in [0.05, 0.1) is 18.2 Å². The molecule has 2 saturated heterocycles. The quantitative estimate of drug-likeness (QED) is 0.204. The van der Waals surface area contributed by atoms with Crippen LogP contribution < -0.4 is 5.32 Å². The minimum absolute atomic E-state index is 0.0891. The lowest BCUT2D eigenvalue weighted by molar-refractivity contribution is -0.297. The van der Waals surface area contributed by atoms with Crippen LogP contribution in [0, 0.1) is 5.92 Å². The molecule has 0 bridgehead atoms. The Hall–Kier alpha value is -0.520. The van der Waals surface area contributed by atoms with Gasteiger partial charge in [-0.25, -0.2) is 0 Å². The number of rotatable bonds is 11. The zero-order valence-corrected chi connectivity index (χ0v) is 19.4. The summed E-state index contributed by atoms with van der Waals surface area (Å²) in [4.78, 5) is 23.6. The van der Waals surface area contributed by atoms with Gasteiger partial charge < -0.3 is 30.1 Å². The fourth-order valence-corrected chi connectivity index (χ4v) is 6.79. The predicted octanol–water partition coefficient (Wildman–Crippen LogP) is 1.61. The van der Waals surface area contributed by atoms with Crippen LogP contribution in [0.2, 0.25) is 0 Å². The van der Waals surface area contributed by atoms with Gasteiger partial charge in [0.25, 0.3) is 0 Å². The molecule has 0 spiro atoms. The van der Waals surface area contributed by atoms with Crippen LogP contribution in [-0.4, -0.2) is 75.4 Å². The SMILES string of the molecule is CC(=O)N[C@H]1[C@H](C[C@H](C)CO)O[C@](O)(COC(=O)CCCCC2CCSS2)C[C@@H]1O. The average Bonchev–Trinajstić information content (AvgIpc) is 3.20. The summed E-state index contributed by atoms with van der Waals surface area (Å²) in [6, 6.07) is -0.709. The fourth-order valence-electron chi connectivity index (χ4n) is 3.76. The van der Waals surface area contributed by atoms with Crippen molar-refractivity contribution >= 4 is 33.5 Å². The lowest BCUT2D eigenvalue weighted by Gasteiger charge is -2.44. The van der Waals surface area contributed by atoms with Crippen molar-refractivity contribution < 1.29 is 34.4 Å². The number of hydrogen-bond acceptors (Lipinski definition) is 9. The van der Waals surface area contributed by atoms with E-state index in [2.05, 4.69) is 5.32 Å². The Labute approximate surface area is 186 Å². The van der Waals surface area contributed by atoms with Gasteiger partial charge in [0.1, 0.15) is 6.61 Å². The molecule has 10 heteroatoms. The molecule has 0 saturated carbocycles. The molecule has 2 fully saturated rings. The summed E-state index contributed by atoms with van der Waals surface area (Å²) in [6.07, 6.45) is 2.66. The summed E-state index contributed by atoms with van der Waals surface area (Å²) in [5.41, 5.74) is 0. The Morgan fingerprint density at radius 1 is 1.37 bits per heavy atom. The van der Waals surface area contributed by atoms with Crippen molar-refractivity contribution in [2.24, 2.45) is 5.92 Å². The molecule has 6 atom stereocenters. The number of aliphatic hydroxyl groups is 3. The molecule has 174 valence electrons. The lowest BCUT2D eigenvalue weighted by Crippen LogP contribution is -2.62.